The molecule has 0 aromatic heterocycles. The van der Waals surface area contributed by atoms with Gasteiger partial charge < -0.3 is 10.8 Å². The summed E-state index contributed by atoms with van der Waals surface area (Å²) in [7, 11) is 0. The van der Waals surface area contributed by atoms with Gasteiger partial charge in [-0.3, -0.25) is 4.90 Å². The van der Waals surface area contributed by atoms with Gasteiger partial charge in [-0.15, -0.1) is 0 Å². The van der Waals surface area contributed by atoms with Crippen LogP contribution in [0.3, 0.4) is 0 Å². The van der Waals surface area contributed by atoms with Crippen LogP contribution >= 0.6 is 11.6 Å². The van der Waals surface area contributed by atoms with Gasteiger partial charge in [-0.05, 0) is 37.1 Å². The van der Waals surface area contributed by atoms with Gasteiger partial charge in [0.05, 0.1) is 16.3 Å². The molecule has 4 nitrogen and oxygen atoms in total. The lowest BCUT2D eigenvalue weighted by molar-refractivity contribution is 0.0696. The Labute approximate surface area is 130 Å². The molecule has 21 heavy (non-hydrogen) atoms. The van der Waals surface area contributed by atoms with Crippen LogP contribution < -0.4 is 5.73 Å². The molecule has 1 aromatic rings. The number of nitrogens with two attached hydrogens (primary N) is 1. The highest BCUT2D eigenvalue weighted by Crippen LogP contribution is 2.29. The number of rotatable bonds is 5. The van der Waals surface area contributed by atoms with Gasteiger partial charge in [0.25, 0.3) is 0 Å². The monoisotopic (exact) mass is 310 g/mol. The molecule has 0 spiro atoms. The Morgan fingerprint density at radius 3 is 2.62 bits per heavy atom. The third-order valence-electron chi connectivity index (χ3n) is 4.33. The van der Waals surface area contributed by atoms with Crippen molar-refractivity contribution in [3.8, 4) is 0 Å². The maximum Gasteiger partial charge on any atom is 0.335 e. The summed E-state index contributed by atoms with van der Waals surface area (Å²) in [4.78, 5) is 13.5. The number of aromatic carboxylic acids is 1. The van der Waals surface area contributed by atoms with Crippen LogP contribution in [0.4, 0.5) is 5.69 Å². The SMILES string of the molecule is CCN(Cc1cc(C(=O)O)cc(Cl)c1N)C1CCCCC1. The van der Waals surface area contributed by atoms with Crippen molar-refractivity contribution < 1.29 is 9.90 Å². The number of benzene rings is 1. The maximum absolute atomic E-state index is 11.2. The lowest BCUT2D eigenvalue weighted by Gasteiger charge is -2.34. The van der Waals surface area contributed by atoms with E-state index < -0.39 is 5.97 Å². The molecule has 1 aromatic carbocycles. The number of anilines is 1. The highest BCUT2D eigenvalue weighted by atomic mass is 35.5. The van der Waals surface area contributed by atoms with Crippen LogP contribution in [0.2, 0.25) is 5.02 Å². The van der Waals surface area contributed by atoms with E-state index in [4.69, 9.17) is 22.4 Å². The molecule has 5 heteroatoms. The molecule has 0 heterocycles. The number of carboxylic acid groups (broad SMARTS) is 1. The van der Waals surface area contributed by atoms with Crippen LogP contribution in [0.1, 0.15) is 54.9 Å². The summed E-state index contributed by atoms with van der Waals surface area (Å²) in [6.45, 7) is 3.72. The molecule has 0 saturated heterocycles. The first-order chi connectivity index (χ1) is 10.0. The fraction of sp³-hybridized carbons (Fsp3) is 0.562. The molecule has 3 N–H and O–H groups in total. The lowest BCUT2D eigenvalue weighted by atomic mass is 9.93. The van der Waals surface area contributed by atoms with E-state index in [9.17, 15) is 4.79 Å². The highest BCUT2D eigenvalue weighted by molar-refractivity contribution is 6.33. The number of nitrogen functional groups attached to an aromatic ring is 1. The van der Waals surface area contributed by atoms with Crippen LogP contribution in [0.5, 0.6) is 0 Å². The van der Waals surface area contributed by atoms with E-state index in [1.54, 1.807) is 6.07 Å². The minimum absolute atomic E-state index is 0.198. The zero-order chi connectivity index (χ0) is 15.4. The Bertz CT molecular complexity index is 513. The second kappa shape index (κ2) is 7.14. The summed E-state index contributed by atoms with van der Waals surface area (Å²) >= 11 is 6.07. The number of carboxylic acids is 1. The Balaban J connectivity index is 2.21. The minimum Gasteiger partial charge on any atom is -0.478 e. The predicted octanol–water partition coefficient (Wildman–Crippen LogP) is 3.78. The van der Waals surface area contributed by atoms with E-state index in [0.29, 0.717) is 23.3 Å². The van der Waals surface area contributed by atoms with Crippen molar-refractivity contribution >= 4 is 23.3 Å². The van der Waals surface area contributed by atoms with Crippen molar-refractivity contribution in [2.75, 3.05) is 12.3 Å². The molecule has 0 unspecified atom stereocenters. The van der Waals surface area contributed by atoms with E-state index in [1.807, 2.05) is 0 Å². The normalized spacial score (nSPS) is 16.3. The summed E-state index contributed by atoms with van der Waals surface area (Å²) in [6.07, 6.45) is 6.27. The van der Waals surface area contributed by atoms with Crippen LogP contribution in [-0.4, -0.2) is 28.6 Å². The summed E-state index contributed by atoms with van der Waals surface area (Å²) < 4.78 is 0. The van der Waals surface area contributed by atoms with E-state index in [1.165, 1.54) is 38.2 Å². The number of nitrogens with zero attached hydrogens (tertiary/aromatic N) is 1. The van der Waals surface area contributed by atoms with Gasteiger partial charge in [0.2, 0.25) is 0 Å². The largest absolute Gasteiger partial charge is 0.478 e. The van der Waals surface area contributed by atoms with Crippen LogP contribution in [-0.2, 0) is 6.54 Å². The number of halogens is 1. The van der Waals surface area contributed by atoms with E-state index in [0.717, 1.165) is 12.1 Å². The molecular weight excluding hydrogens is 288 g/mol. The molecule has 1 fully saturated rings. The topological polar surface area (TPSA) is 66.6 Å². The first kappa shape index (κ1) is 16.1. The molecule has 0 aliphatic heterocycles. The van der Waals surface area contributed by atoms with Gasteiger partial charge in [-0.1, -0.05) is 37.8 Å². The first-order valence-corrected chi connectivity index (χ1v) is 7.96. The molecule has 0 atom stereocenters. The molecular formula is C16H23ClN2O2. The second-order valence-corrected chi connectivity index (χ2v) is 6.10. The molecule has 1 aliphatic carbocycles. The Morgan fingerprint density at radius 1 is 1.38 bits per heavy atom. The average molecular weight is 311 g/mol. The van der Waals surface area contributed by atoms with Gasteiger partial charge >= 0.3 is 5.97 Å². The fourth-order valence-corrected chi connectivity index (χ4v) is 3.33. The van der Waals surface area contributed by atoms with Crippen molar-refractivity contribution in [2.24, 2.45) is 0 Å². The summed E-state index contributed by atoms with van der Waals surface area (Å²) in [6, 6.07) is 3.63. The van der Waals surface area contributed by atoms with E-state index >= 15 is 0 Å². The van der Waals surface area contributed by atoms with Gasteiger partial charge in [-0.2, -0.15) is 0 Å². The van der Waals surface area contributed by atoms with Crippen molar-refractivity contribution in [1.29, 1.82) is 0 Å². The molecule has 0 radical (unpaired) electrons. The minimum atomic E-state index is -0.973. The van der Waals surface area contributed by atoms with Gasteiger partial charge in [0.15, 0.2) is 0 Å². The maximum atomic E-state index is 11.2. The number of hydrogen-bond acceptors (Lipinski definition) is 3. The third kappa shape index (κ3) is 3.89. The van der Waals surface area contributed by atoms with Crippen molar-refractivity contribution in [2.45, 2.75) is 51.6 Å². The van der Waals surface area contributed by atoms with Gasteiger partial charge in [-0.25, -0.2) is 4.79 Å². The first-order valence-electron chi connectivity index (χ1n) is 7.58. The van der Waals surface area contributed by atoms with Crippen molar-refractivity contribution in [3.05, 3.63) is 28.3 Å². The molecule has 116 valence electrons. The van der Waals surface area contributed by atoms with Crippen LogP contribution in [0.25, 0.3) is 0 Å². The Hall–Kier alpha value is -1.26. The summed E-state index contributed by atoms with van der Waals surface area (Å²) in [5.41, 5.74) is 7.54. The predicted molar refractivity (Wildman–Crippen MR) is 85.8 cm³/mol. The smallest absolute Gasteiger partial charge is 0.335 e. The molecule has 1 aliphatic rings. The molecule has 0 amide bonds. The lowest BCUT2D eigenvalue weighted by Crippen LogP contribution is -2.36. The Morgan fingerprint density at radius 2 is 2.05 bits per heavy atom. The van der Waals surface area contributed by atoms with Gasteiger partial charge in [0.1, 0.15) is 0 Å². The fourth-order valence-electron chi connectivity index (χ4n) is 3.09. The standard InChI is InChI=1S/C16H23ClN2O2/c1-2-19(13-6-4-3-5-7-13)10-12-8-11(16(20)21)9-14(17)15(12)18/h8-9,13H,2-7,10,18H2,1H3,(H,20,21). The molecule has 0 bridgehead atoms. The second-order valence-electron chi connectivity index (χ2n) is 5.69. The summed E-state index contributed by atoms with van der Waals surface area (Å²) in [5, 5.41) is 9.48. The quantitative estimate of drug-likeness (QED) is 0.812. The highest BCUT2D eigenvalue weighted by Gasteiger charge is 2.21. The van der Waals surface area contributed by atoms with Crippen molar-refractivity contribution in [1.82, 2.24) is 4.90 Å². The van der Waals surface area contributed by atoms with E-state index in [2.05, 4.69) is 11.8 Å². The third-order valence-corrected chi connectivity index (χ3v) is 4.65. The Kier molecular flexibility index (Phi) is 5.48. The van der Waals surface area contributed by atoms with Crippen LogP contribution in [0, 0.1) is 0 Å². The zero-order valence-corrected chi connectivity index (χ0v) is 13.2. The summed E-state index contributed by atoms with van der Waals surface area (Å²) in [5.74, 6) is -0.973. The average Bonchev–Trinajstić information content (AvgIpc) is 2.49. The molecule has 1 saturated carbocycles. The van der Waals surface area contributed by atoms with Crippen molar-refractivity contribution in [3.63, 3.8) is 0 Å². The van der Waals surface area contributed by atoms with E-state index in [-0.39, 0.29) is 5.56 Å². The van der Waals surface area contributed by atoms with Crippen LogP contribution in [0.15, 0.2) is 12.1 Å². The molecule has 2 rings (SSSR count). The van der Waals surface area contributed by atoms with Gasteiger partial charge in [0, 0.05) is 12.6 Å². The number of hydrogen-bond donors (Lipinski definition) is 2. The number of carbonyl (C=O) groups is 1. The zero-order valence-electron chi connectivity index (χ0n) is 12.4.